The third kappa shape index (κ3) is 3.03. The van der Waals surface area contributed by atoms with Gasteiger partial charge in [-0.05, 0) is 39.0 Å². The summed E-state index contributed by atoms with van der Waals surface area (Å²) in [6, 6.07) is 7.43. The van der Waals surface area contributed by atoms with Crippen molar-refractivity contribution >= 4 is 22.5 Å². The quantitative estimate of drug-likeness (QED) is 0.584. The molecule has 1 aromatic carbocycles. The number of hydrogen-bond acceptors (Lipinski definition) is 4. The van der Waals surface area contributed by atoms with Crippen LogP contribution in [0, 0.1) is 25.5 Å². The molecule has 0 atom stereocenters. The van der Waals surface area contributed by atoms with Crippen LogP contribution in [0.15, 0.2) is 36.7 Å². The van der Waals surface area contributed by atoms with Gasteiger partial charge in [-0.25, -0.2) is 23.4 Å². The molecule has 8 heteroatoms. The summed E-state index contributed by atoms with van der Waals surface area (Å²) in [5.74, 6) is -0.739. The zero-order valence-corrected chi connectivity index (χ0v) is 15.2. The molecule has 0 fully saturated rings. The summed E-state index contributed by atoms with van der Waals surface area (Å²) in [4.78, 5) is 9.13. The highest BCUT2D eigenvalue weighted by molar-refractivity contribution is 5.85. The van der Waals surface area contributed by atoms with E-state index in [1.807, 2.05) is 37.5 Å². The van der Waals surface area contributed by atoms with E-state index in [-0.39, 0.29) is 0 Å². The van der Waals surface area contributed by atoms with Gasteiger partial charge in [-0.2, -0.15) is 5.10 Å². The molecule has 6 nitrogen and oxygen atoms in total. The minimum atomic E-state index is -0.918. The summed E-state index contributed by atoms with van der Waals surface area (Å²) in [7, 11) is 0. The van der Waals surface area contributed by atoms with E-state index in [1.165, 1.54) is 6.07 Å². The number of benzene rings is 1. The van der Waals surface area contributed by atoms with Crippen molar-refractivity contribution in [3.05, 3.63) is 59.7 Å². The highest BCUT2D eigenvalue weighted by Gasteiger charge is 2.16. The van der Waals surface area contributed by atoms with Crippen molar-refractivity contribution in [2.75, 3.05) is 5.32 Å². The molecule has 4 rings (SSSR count). The van der Waals surface area contributed by atoms with Gasteiger partial charge in [0, 0.05) is 30.1 Å². The number of nitrogens with one attached hydrogen (secondary N) is 1. The van der Waals surface area contributed by atoms with Crippen molar-refractivity contribution in [3.63, 3.8) is 0 Å². The van der Waals surface area contributed by atoms with E-state index in [4.69, 9.17) is 0 Å². The van der Waals surface area contributed by atoms with E-state index >= 15 is 0 Å². The maximum absolute atomic E-state index is 13.5. The van der Waals surface area contributed by atoms with Gasteiger partial charge in [-0.3, -0.25) is 0 Å². The first kappa shape index (κ1) is 17.1. The molecule has 0 saturated carbocycles. The molecule has 0 saturated heterocycles. The van der Waals surface area contributed by atoms with E-state index in [0.29, 0.717) is 17.3 Å². The Labute approximate surface area is 154 Å². The molecule has 0 bridgehead atoms. The Morgan fingerprint density at radius 2 is 1.89 bits per heavy atom. The van der Waals surface area contributed by atoms with Crippen LogP contribution in [0.4, 0.5) is 20.3 Å². The number of rotatable bonds is 4. The van der Waals surface area contributed by atoms with Crippen LogP contribution < -0.4 is 5.32 Å². The molecule has 3 aromatic heterocycles. The number of hydrogen-bond donors (Lipinski definition) is 1. The lowest BCUT2D eigenvalue weighted by molar-refractivity contribution is 0.509. The molecule has 0 amide bonds. The molecule has 3 heterocycles. The minimum Gasteiger partial charge on any atom is -0.340 e. The lowest BCUT2D eigenvalue weighted by Crippen LogP contribution is -2.06. The van der Waals surface area contributed by atoms with Gasteiger partial charge < -0.3 is 9.88 Å². The van der Waals surface area contributed by atoms with Gasteiger partial charge in [0.1, 0.15) is 11.3 Å². The fraction of sp³-hybridized carbons (Fsp3) is 0.211. The molecular formula is C19H18F2N6. The summed E-state index contributed by atoms with van der Waals surface area (Å²) in [6.45, 7) is 6.61. The normalized spacial score (nSPS) is 11.3. The second-order valence-corrected chi connectivity index (χ2v) is 6.32. The van der Waals surface area contributed by atoms with Gasteiger partial charge in [0.15, 0.2) is 17.5 Å². The van der Waals surface area contributed by atoms with Crippen molar-refractivity contribution < 1.29 is 8.78 Å². The first-order chi connectivity index (χ1) is 13.0. The third-order valence-electron chi connectivity index (χ3n) is 4.33. The van der Waals surface area contributed by atoms with Gasteiger partial charge in [0.25, 0.3) is 0 Å². The summed E-state index contributed by atoms with van der Waals surface area (Å²) < 4.78 is 30.5. The van der Waals surface area contributed by atoms with Crippen molar-refractivity contribution in [1.29, 1.82) is 0 Å². The van der Waals surface area contributed by atoms with E-state index in [1.54, 1.807) is 11.0 Å². The Hall–Kier alpha value is -3.29. The summed E-state index contributed by atoms with van der Waals surface area (Å²) in [6.07, 6.45) is 1.75. The van der Waals surface area contributed by atoms with Crippen LogP contribution in [0.25, 0.3) is 16.9 Å². The van der Waals surface area contributed by atoms with Gasteiger partial charge in [-0.15, -0.1) is 0 Å². The predicted octanol–water partition coefficient (Wildman–Crippen LogP) is 4.28. The molecular weight excluding hydrogens is 350 g/mol. The maximum atomic E-state index is 13.5. The topological polar surface area (TPSA) is 60.6 Å². The van der Waals surface area contributed by atoms with Gasteiger partial charge in [-0.1, -0.05) is 0 Å². The Balaban J connectivity index is 1.88. The fourth-order valence-electron chi connectivity index (χ4n) is 3.07. The van der Waals surface area contributed by atoms with E-state index in [2.05, 4.69) is 20.4 Å². The van der Waals surface area contributed by atoms with Crippen LogP contribution in [-0.2, 0) is 6.54 Å². The van der Waals surface area contributed by atoms with Crippen LogP contribution in [0.5, 0.6) is 0 Å². The predicted molar refractivity (Wildman–Crippen MR) is 99.4 cm³/mol. The molecule has 0 aliphatic heterocycles. The van der Waals surface area contributed by atoms with Crippen LogP contribution >= 0.6 is 0 Å². The summed E-state index contributed by atoms with van der Waals surface area (Å²) in [5.41, 5.74) is 3.80. The fourth-order valence-corrected chi connectivity index (χ4v) is 3.07. The Kier molecular flexibility index (Phi) is 4.10. The number of nitrogens with zero attached hydrogens (tertiary/aromatic N) is 5. The Bertz CT molecular complexity index is 1140. The number of imidazole rings is 1. The van der Waals surface area contributed by atoms with Crippen LogP contribution in [0.1, 0.15) is 18.3 Å². The highest BCUT2D eigenvalue weighted by Crippen LogP contribution is 2.26. The number of aromatic nitrogens is 5. The van der Waals surface area contributed by atoms with E-state index in [9.17, 15) is 8.78 Å². The molecule has 0 aliphatic carbocycles. The van der Waals surface area contributed by atoms with Crippen molar-refractivity contribution in [1.82, 2.24) is 24.3 Å². The van der Waals surface area contributed by atoms with Gasteiger partial charge in [0.05, 0.1) is 17.5 Å². The minimum absolute atomic E-state index is 0.405. The van der Waals surface area contributed by atoms with Crippen molar-refractivity contribution in [2.45, 2.75) is 27.3 Å². The first-order valence-electron chi connectivity index (χ1n) is 8.58. The van der Waals surface area contributed by atoms with Crippen LogP contribution in [0.3, 0.4) is 0 Å². The number of anilines is 2. The molecule has 0 unspecified atom stereocenters. The van der Waals surface area contributed by atoms with Crippen LogP contribution in [-0.4, -0.2) is 24.3 Å². The number of pyridine rings is 1. The zero-order valence-electron chi connectivity index (χ0n) is 15.2. The second-order valence-electron chi connectivity index (χ2n) is 6.32. The zero-order chi connectivity index (χ0) is 19.1. The average molecular weight is 368 g/mol. The molecule has 1 N–H and O–H groups in total. The lowest BCUT2D eigenvalue weighted by Gasteiger charge is -2.11. The average Bonchev–Trinajstić information content (AvgIpc) is 3.19. The smallest absolute Gasteiger partial charge is 0.183 e. The van der Waals surface area contributed by atoms with E-state index < -0.39 is 11.6 Å². The largest absolute Gasteiger partial charge is 0.340 e. The highest BCUT2D eigenvalue weighted by atomic mass is 19.2. The molecule has 138 valence electrons. The monoisotopic (exact) mass is 368 g/mol. The standard InChI is InChI=1S/C19H18F2N6/c1-4-26-10-22-18-16(26)9-17(23-13-5-6-14(20)15(21)8-13)24-19(18)27-12(3)7-11(2)25-27/h5-10H,4H2,1-3H3,(H,23,24). The molecule has 27 heavy (non-hydrogen) atoms. The van der Waals surface area contributed by atoms with Crippen LogP contribution in [0.2, 0.25) is 0 Å². The van der Waals surface area contributed by atoms with E-state index in [0.717, 1.165) is 41.1 Å². The van der Waals surface area contributed by atoms with Gasteiger partial charge >= 0.3 is 0 Å². The first-order valence-corrected chi connectivity index (χ1v) is 8.58. The molecule has 4 aromatic rings. The van der Waals surface area contributed by atoms with Crippen molar-refractivity contribution in [2.24, 2.45) is 0 Å². The third-order valence-corrected chi connectivity index (χ3v) is 4.33. The number of halogens is 2. The Morgan fingerprint density at radius 1 is 1.07 bits per heavy atom. The number of aryl methyl sites for hydroxylation is 3. The summed E-state index contributed by atoms with van der Waals surface area (Å²) >= 11 is 0. The molecule has 0 aliphatic rings. The van der Waals surface area contributed by atoms with Gasteiger partial charge in [0.2, 0.25) is 0 Å². The Morgan fingerprint density at radius 3 is 2.56 bits per heavy atom. The summed E-state index contributed by atoms with van der Waals surface area (Å²) in [5, 5.41) is 7.55. The SMILES string of the molecule is CCn1cnc2c(-n3nc(C)cc3C)nc(Nc3ccc(F)c(F)c3)cc21. The second kappa shape index (κ2) is 6.46. The lowest BCUT2D eigenvalue weighted by atomic mass is 10.3. The molecule has 0 radical (unpaired) electrons. The molecule has 0 spiro atoms. The maximum Gasteiger partial charge on any atom is 0.183 e. The number of fused-ring (bicyclic) bond motifs is 1. The van der Waals surface area contributed by atoms with Crippen molar-refractivity contribution in [3.8, 4) is 5.82 Å².